The number of hydrogen-bond donors (Lipinski definition) is 1. The number of hydrogen-bond acceptors (Lipinski definition) is 2. The highest BCUT2D eigenvalue weighted by Crippen LogP contribution is 2.34. The van der Waals surface area contributed by atoms with Crippen LogP contribution >= 0.6 is 45.6 Å². The predicted octanol–water partition coefficient (Wildman–Crippen LogP) is 3.87. The highest BCUT2D eigenvalue weighted by molar-refractivity contribution is 14.1. The minimum absolute atomic E-state index is 0.216. The quantitative estimate of drug-likeness (QED) is 0.722. The van der Waals surface area contributed by atoms with Gasteiger partial charge < -0.3 is 8.17 Å². The van der Waals surface area contributed by atoms with Crippen molar-refractivity contribution in [2.45, 2.75) is 0 Å². The van der Waals surface area contributed by atoms with Crippen LogP contribution in [0, 0.1) is 3.57 Å². The van der Waals surface area contributed by atoms with Crippen molar-refractivity contribution in [3.63, 3.8) is 0 Å². The van der Waals surface area contributed by atoms with Gasteiger partial charge in [-0.15, -0.1) is 0 Å². The number of halogens is 2. The van der Waals surface area contributed by atoms with Crippen LogP contribution in [0.3, 0.4) is 0 Å². The summed E-state index contributed by atoms with van der Waals surface area (Å²) in [5.74, 6) is -0.558. The minimum Gasteiger partial charge on any atom is -0.478 e. The van der Waals surface area contributed by atoms with Crippen molar-refractivity contribution in [2.24, 2.45) is 0 Å². The lowest BCUT2D eigenvalue weighted by atomic mass is 10.1. The van der Waals surface area contributed by atoms with Crippen LogP contribution in [-0.2, 0) is 0 Å². The molecule has 2 aromatic rings. The summed E-state index contributed by atoms with van der Waals surface area (Å²) in [5, 5.41) is 10.9. The summed E-state index contributed by atoms with van der Waals surface area (Å²) in [5.41, 5.74) is 0.216. The van der Waals surface area contributed by atoms with Gasteiger partial charge in [-0.1, -0.05) is 24.3 Å². The molecule has 2 rings (SSSR count). The van der Waals surface area contributed by atoms with Crippen LogP contribution < -0.4 is 3.07 Å². The van der Waals surface area contributed by atoms with Crippen molar-refractivity contribution in [1.82, 2.24) is 0 Å². The molecular formula is C11H6I2O3. The van der Waals surface area contributed by atoms with Gasteiger partial charge in [0, 0.05) is 8.96 Å². The third-order valence-electron chi connectivity index (χ3n) is 2.24. The fourth-order valence-corrected chi connectivity index (χ4v) is 2.83. The van der Waals surface area contributed by atoms with E-state index in [0.29, 0.717) is 9.32 Å². The van der Waals surface area contributed by atoms with Crippen molar-refractivity contribution in [1.29, 1.82) is 0 Å². The molecule has 3 nitrogen and oxygen atoms in total. The normalized spacial score (nSPS) is 10.4. The Hall–Kier alpha value is -0.570. The highest BCUT2D eigenvalue weighted by atomic mass is 127. The van der Waals surface area contributed by atoms with E-state index in [1.165, 1.54) is 0 Å². The molecule has 1 N–H and O–H groups in total. The molecule has 0 bridgehead atoms. The van der Waals surface area contributed by atoms with E-state index in [1.54, 1.807) is 23.0 Å². The number of carbonyl (C=O) groups is 1. The molecule has 82 valence electrons. The first-order valence-corrected chi connectivity index (χ1v) is 6.34. The van der Waals surface area contributed by atoms with Gasteiger partial charge in [-0.3, -0.25) is 0 Å². The summed E-state index contributed by atoms with van der Waals surface area (Å²) in [4.78, 5) is 11.2. The maximum atomic E-state index is 11.2. The molecule has 0 amide bonds. The standard InChI is InChI=1S/C11H6I2O3/c12-8-5-6-3-1-2-4-7(6)10(16-13)9(8)11(14)15/h1-5H,(H,14,15). The Morgan fingerprint density at radius 3 is 2.62 bits per heavy atom. The zero-order valence-electron chi connectivity index (χ0n) is 7.91. The number of aromatic carboxylic acids is 1. The van der Waals surface area contributed by atoms with Crippen molar-refractivity contribution in [3.05, 3.63) is 39.5 Å². The van der Waals surface area contributed by atoms with Gasteiger partial charge in [0.1, 0.15) is 5.56 Å². The Morgan fingerprint density at radius 1 is 1.31 bits per heavy atom. The summed E-state index contributed by atoms with van der Waals surface area (Å²) in [7, 11) is 0. The smallest absolute Gasteiger partial charge is 0.340 e. The first kappa shape index (κ1) is 11.9. The van der Waals surface area contributed by atoms with E-state index in [1.807, 2.05) is 52.9 Å². The average molecular weight is 440 g/mol. The van der Waals surface area contributed by atoms with Crippen molar-refractivity contribution >= 4 is 62.3 Å². The zero-order chi connectivity index (χ0) is 11.7. The van der Waals surface area contributed by atoms with Crippen molar-refractivity contribution in [3.8, 4) is 5.75 Å². The fourth-order valence-electron chi connectivity index (χ4n) is 1.56. The molecule has 0 aromatic heterocycles. The molecule has 0 spiro atoms. The second kappa shape index (κ2) is 4.74. The van der Waals surface area contributed by atoms with Crippen LogP contribution in [0.15, 0.2) is 30.3 Å². The van der Waals surface area contributed by atoms with Crippen LogP contribution in [0.2, 0.25) is 0 Å². The number of carboxylic acid groups (broad SMARTS) is 1. The zero-order valence-corrected chi connectivity index (χ0v) is 12.2. The van der Waals surface area contributed by atoms with E-state index in [2.05, 4.69) is 0 Å². The topological polar surface area (TPSA) is 46.5 Å². The molecule has 16 heavy (non-hydrogen) atoms. The Kier molecular flexibility index (Phi) is 3.53. The summed E-state index contributed by atoms with van der Waals surface area (Å²) in [6, 6.07) is 9.41. The summed E-state index contributed by atoms with van der Waals surface area (Å²) >= 11 is 3.72. The SMILES string of the molecule is O=C(O)c1c(I)cc2ccccc2c1OI. The van der Waals surface area contributed by atoms with E-state index < -0.39 is 5.97 Å². The molecule has 0 aliphatic rings. The van der Waals surface area contributed by atoms with Crippen LogP contribution in [-0.4, -0.2) is 11.1 Å². The lowest BCUT2D eigenvalue weighted by Crippen LogP contribution is -2.02. The lowest BCUT2D eigenvalue weighted by molar-refractivity contribution is 0.0694. The third-order valence-corrected chi connectivity index (χ3v) is 3.54. The molecule has 0 aliphatic carbocycles. The van der Waals surface area contributed by atoms with Crippen LogP contribution in [0.1, 0.15) is 10.4 Å². The Bertz CT molecular complexity index is 566. The number of fused-ring (bicyclic) bond motifs is 1. The molecule has 0 unspecified atom stereocenters. The molecule has 2 aromatic carbocycles. The van der Waals surface area contributed by atoms with Gasteiger partial charge in [0.2, 0.25) is 0 Å². The van der Waals surface area contributed by atoms with Crippen LogP contribution in [0.25, 0.3) is 10.8 Å². The van der Waals surface area contributed by atoms with Crippen molar-refractivity contribution < 1.29 is 13.0 Å². The molecule has 0 heterocycles. The number of rotatable bonds is 2. The molecule has 0 saturated carbocycles. The van der Waals surface area contributed by atoms with Gasteiger partial charge in [0.15, 0.2) is 28.8 Å². The van der Waals surface area contributed by atoms with E-state index >= 15 is 0 Å². The Labute approximate surface area is 120 Å². The summed E-state index contributed by atoms with van der Waals surface area (Å²) in [6.45, 7) is 0. The predicted molar refractivity (Wildman–Crippen MR) is 78.3 cm³/mol. The number of carboxylic acids is 1. The van der Waals surface area contributed by atoms with Gasteiger partial charge in [0.05, 0.1) is 0 Å². The lowest BCUT2D eigenvalue weighted by Gasteiger charge is -2.09. The maximum absolute atomic E-state index is 11.2. The van der Waals surface area contributed by atoms with Gasteiger partial charge in [-0.2, -0.15) is 0 Å². The number of benzene rings is 2. The first-order chi connectivity index (χ1) is 7.65. The first-order valence-electron chi connectivity index (χ1n) is 4.38. The van der Waals surface area contributed by atoms with Crippen LogP contribution in [0.5, 0.6) is 5.75 Å². The van der Waals surface area contributed by atoms with E-state index in [4.69, 9.17) is 8.17 Å². The van der Waals surface area contributed by atoms with Gasteiger partial charge in [0.25, 0.3) is 0 Å². The Balaban J connectivity index is 2.90. The van der Waals surface area contributed by atoms with Gasteiger partial charge in [-0.05, 0) is 34.0 Å². The molecule has 0 saturated heterocycles. The average Bonchev–Trinajstić information content (AvgIpc) is 2.26. The highest BCUT2D eigenvalue weighted by Gasteiger charge is 2.18. The molecule has 0 atom stereocenters. The molecular weight excluding hydrogens is 434 g/mol. The van der Waals surface area contributed by atoms with Crippen molar-refractivity contribution in [2.75, 3.05) is 0 Å². The molecule has 0 aliphatic heterocycles. The second-order valence-corrected chi connectivity index (χ2v) is 4.77. The van der Waals surface area contributed by atoms with Gasteiger partial charge >= 0.3 is 5.97 Å². The fraction of sp³-hybridized carbons (Fsp3) is 0. The van der Waals surface area contributed by atoms with E-state index in [9.17, 15) is 4.79 Å². The largest absolute Gasteiger partial charge is 0.478 e. The van der Waals surface area contributed by atoms with Gasteiger partial charge in [-0.25, -0.2) is 4.79 Å². The summed E-state index contributed by atoms with van der Waals surface area (Å²) in [6.07, 6.45) is 0. The molecule has 5 heteroatoms. The summed E-state index contributed by atoms with van der Waals surface area (Å²) < 4.78 is 5.86. The second-order valence-electron chi connectivity index (χ2n) is 3.17. The third kappa shape index (κ3) is 1.97. The van der Waals surface area contributed by atoms with E-state index in [-0.39, 0.29) is 5.56 Å². The van der Waals surface area contributed by atoms with Crippen LogP contribution in [0.4, 0.5) is 0 Å². The molecule has 0 radical (unpaired) electrons. The minimum atomic E-state index is -0.971. The van der Waals surface area contributed by atoms with E-state index in [0.717, 1.165) is 10.8 Å². The molecule has 0 fully saturated rings. The maximum Gasteiger partial charge on any atom is 0.340 e. The monoisotopic (exact) mass is 440 g/mol. The Morgan fingerprint density at radius 2 is 2.00 bits per heavy atom.